The van der Waals surface area contributed by atoms with E-state index in [-0.39, 0.29) is 11.4 Å². The number of ether oxygens (including phenoxy) is 1. The standard InChI is InChI=1S/C12H22N2O4S/c1-5-9-14(8(6-19-9)10(15)16)11(17)13-7-12(2,3)18-4/h8-9H,5-7H2,1-4H3,(H,13,17)(H,15,16). The van der Waals surface area contributed by atoms with Crippen LogP contribution in [0.3, 0.4) is 0 Å². The zero-order valence-electron chi connectivity index (χ0n) is 11.8. The summed E-state index contributed by atoms with van der Waals surface area (Å²) >= 11 is 1.51. The molecule has 1 aliphatic heterocycles. The molecule has 0 aromatic heterocycles. The second-order valence-electron chi connectivity index (χ2n) is 5.08. The molecule has 1 rings (SSSR count). The molecular weight excluding hydrogens is 268 g/mol. The summed E-state index contributed by atoms with van der Waals surface area (Å²) in [5.41, 5.74) is -0.469. The molecule has 1 heterocycles. The highest BCUT2D eigenvalue weighted by Gasteiger charge is 2.41. The fraction of sp³-hybridized carbons (Fsp3) is 0.833. The number of urea groups is 1. The average Bonchev–Trinajstić information content (AvgIpc) is 2.80. The first kappa shape index (κ1) is 16.1. The van der Waals surface area contributed by atoms with E-state index < -0.39 is 17.6 Å². The Balaban J connectivity index is 2.68. The predicted octanol–water partition coefficient (Wildman–Crippen LogP) is 1.36. The van der Waals surface area contributed by atoms with E-state index in [4.69, 9.17) is 9.84 Å². The van der Waals surface area contributed by atoms with Crippen molar-refractivity contribution in [2.45, 2.75) is 44.2 Å². The maximum atomic E-state index is 12.2. The van der Waals surface area contributed by atoms with Gasteiger partial charge in [-0.1, -0.05) is 6.92 Å². The van der Waals surface area contributed by atoms with Gasteiger partial charge in [-0.05, 0) is 20.3 Å². The van der Waals surface area contributed by atoms with E-state index in [0.29, 0.717) is 12.3 Å². The molecule has 0 spiro atoms. The maximum Gasteiger partial charge on any atom is 0.327 e. The minimum atomic E-state index is -0.954. The molecule has 0 aromatic rings. The molecule has 19 heavy (non-hydrogen) atoms. The molecule has 2 unspecified atom stereocenters. The van der Waals surface area contributed by atoms with E-state index in [9.17, 15) is 9.59 Å². The zero-order chi connectivity index (χ0) is 14.6. The molecule has 1 saturated heterocycles. The number of carbonyl (C=O) groups excluding carboxylic acids is 1. The number of nitrogens with zero attached hydrogens (tertiary/aromatic N) is 1. The summed E-state index contributed by atoms with van der Waals surface area (Å²) in [5, 5.41) is 11.8. The Morgan fingerprint density at radius 1 is 1.53 bits per heavy atom. The molecule has 2 amide bonds. The fourth-order valence-electron chi connectivity index (χ4n) is 1.79. The van der Waals surface area contributed by atoms with Crippen LogP contribution in [0.15, 0.2) is 0 Å². The number of carbonyl (C=O) groups is 2. The lowest BCUT2D eigenvalue weighted by molar-refractivity contribution is -0.141. The van der Waals surface area contributed by atoms with E-state index in [1.165, 1.54) is 16.7 Å². The number of thioether (sulfide) groups is 1. The highest BCUT2D eigenvalue weighted by molar-refractivity contribution is 8.00. The Morgan fingerprint density at radius 2 is 2.16 bits per heavy atom. The Bertz CT molecular complexity index is 349. The van der Waals surface area contributed by atoms with Crippen LogP contribution in [-0.4, -0.2) is 58.4 Å². The van der Waals surface area contributed by atoms with Gasteiger partial charge in [0.15, 0.2) is 0 Å². The van der Waals surface area contributed by atoms with Crippen molar-refractivity contribution in [3.8, 4) is 0 Å². The van der Waals surface area contributed by atoms with E-state index in [0.717, 1.165) is 6.42 Å². The lowest BCUT2D eigenvalue weighted by Gasteiger charge is -2.29. The van der Waals surface area contributed by atoms with Gasteiger partial charge in [-0.2, -0.15) is 0 Å². The van der Waals surface area contributed by atoms with Crippen LogP contribution in [0.1, 0.15) is 27.2 Å². The minimum Gasteiger partial charge on any atom is -0.480 e. The first-order chi connectivity index (χ1) is 8.82. The van der Waals surface area contributed by atoms with Crippen LogP contribution in [0.25, 0.3) is 0 Å². The van der Waals surface area contributed by atoms with Crippen LogP contribution in [0.2, 0.25) is 0 Å². The molecule has 0 saturated carbocycles. The highest BCUT2D eigenvalue weighted by Crippen LogP contribution is 2.31. The van der Waals surface area contributed by atoms with Gasteiger partial charge < -0.3 is 15.2 Å². The van der Waals surface area contributed by atoms with Gasteiger partial charge in [0.2, 0.25) is 0 Å². The van der Waals surface area contributed by atoms with Crippen molar-refractivity contribution in [2.24, 2.45) is 0 Å². The van der Waals surface area contributed by atoms with Crippen LogP contribution in [-0.2, 0) is 9.53 Å². The number of carboxylic acids is 1. The van der Waals surface area contributed by atoms with E-state index in [2.05, 4.69) is 5.32 Å². The van der Waals surface area contributed by atoms with Gasteiger partial charge in [0, 0.05) is 19.4 Å². The molecule has 0 aromatic carbocycles. The van der Waals surface area contributed by atoms with Crippen LogP contribution < -0.4 is 5.32 Å². The normalized spacial score (nSPS) is 23.5. The average molecular weight is 290 g/mol. The molecule has 110 valence electrons. The number of hydrogen-bond donors (Lipinski definition) is 2. The third-order valence-electron chi connectivity index (χ3n) is 3.18. The number of carboxylic acid groups (broad SMARTS) is 1. The summed E-state index contributed by atoms with van der Waals surface area (Å²) in [6, 6.07) is -1.09. The first-order valence-electron chi connectivity index (χ1n) is 6.28. The molecule has 2 N–H and O–H groups in total. The first-order valence-corrected chi connectivity index (χ1v) is 7.33. The SMILES string of the molecule is CCC1SCC(C(=O)O)N1C(=O)NCC(C)(C)OC. The predicted molar refractivity (Wildman–Crippen MR) is 74.3 cm³/mol. The quantitative estimate of drug-likeness (QED) is 0.799. The largest absolute Gasteiger partial charge is 0.480 e. The molecule has 7 heteroatoms. The van der Waals surface area contributed by atoms with Crippen LogP contribution in [0.5, 0.6) is 0 Å². The van der Waals surface area contributed by atoms with Gasteiger partial charge in [-0.15, -0.1) is 11.8 Å². The van der Waals surface area contributed by atoms with Gasteiger partial charge in [-0.25, -0.2) is 9.59 Å². The Kier molecular flexibility index (Phi) is 5.49. The van der Waals surface area contributed by atoms with Crippen molar-refractivity contribution in [2.75, 3.05) is 19.4 Å². The van der Waals surface area contributed by atoms with Crippen LogP contribution in [0.4, 0.5) is 4.79 Å². The Morgan fingerprint density at radius 3 is 2.63 bits per heavy atom. The second-order valence-corrected chi connectivity index (χ2v) is 6.29. The van der Waals surface area contributed by atoms with Crippen molar-refractivity contribution >= 4 is 23.8 Å². The summed E-state index contributed by atoms with van der Waals surface area (Å²) in [4.78, 5) is 24.8. The van der Waals surface area contributed by atoms with Crippen LogP contribution >= 0.6 is 11.8 Å². The number of aliphatic carboxylic acids is 1. The van der Waals surface area contributed by atoms with Crippen molar-refractivity contribution in [1.82, 2.24) is 10.2 Å². The second kappa shape index (κ2) is 6.47. The lowest BCUT2D eigenvalue weighted by atomic mass is 10.1. The number of nitrogens with one attached hydrogen (secondary N) is 1. The smallest absolute Gasteiger partial charge is 0.327 e. The van der Waals surface area contributed by atoms with Crippen molar-refractivity contribution in [1.29, 1.82) is 0 Å². The molecule has 2 atom stereocenters. The Labute approximate surface area is 117 Å². The summed E-state index contributed by atoms with van der Waals surface area (Å²) in [7, 11) is 1.58. The van der Waals surface area contributed by atoms with Crippen LogP contribution in [0, 0.1) is 0 Å². The third kappa shape index (κ3) is 4.01. The number of hydrogen-bond acceptors (Lipinski definition) is 4. The minimum absolute atomic E-state index is 0.0771. The van der Waals surface area contributed by atoms with Gasteiger partial charge in [0.1, 0.15) is 6.04 Å². The van der Waals surface area contributed by atoms with E-state index >= 15 is 0 Å². The number of methoxy groups -OCH3 is 1. The third-order valence-corrected chi connectivity index (χ3v) is 4.63. The maximum absolute atomic E-state index is 12.2. The van der Waals surface area contributed by atoms with Crippen molar-refractivity contribution in [3.05, 3.63) is 0 Å². The monoisotopic (exact) mass is 290 g/mol. The summed E-state index contributed by atoms with van der Waals surface area (Å²) in [6.45, 7) is 6.00. The molecular formula is C12H22N2O4S. The molecule has 1 fully saturated rings. The molecule has 0 bridgehead atoms. The number of amides is 2. The summed E-state index contributed by atoms with van der Waals surface area (Å²) in [5.74, 6) is -0.515. The summed E-state index contributed by atoms with van der Waals surface area (Å²) < 4.78 is 5.22. The Hall–Kier alpha value is -0.950. The number of rotatable bonds is 5. The van der Waals surface area contributed by atoms with Gasteiger partial charge >= 0.3 is 12.0 Å². The molecule has 0 aliphatic carbocycles. The molecule has 1 aliphatic rings. The van der Waals surface area contributed by atoms with E-state index in [1.807, 2.05) is 20.8 Å². The highest BCUT2D eigenvalue weighted by atomic mass is 32.2. The molecule has 6 nitrogen and oxygen atoms in total. The zero-order valence-corrected chi connectivity index (χ0v) is 12.6. The lowest BCUT2D eigenvalue weighted by Crippen LogP contribution is -2.52. The van der Waals surface area contributed by atoms with Crippen molar-refractivity contribution in [3.63, 3.8) is 0 Å². The van der Waals surface area contributed by atoms with Gasteiger partial charge in [-0.3, -0.25) is 4.90 Å². The van der Waals surface area contributed by atoms with E-state index in [1.54, 1.807) is 7.11 Å². The van der Waals surface area contributed by atoms with Gasteiger partial charge in [0.05, 0.1) is 11.0 Å². The topological polar surface area (TPSA) is 78.9 Å². The fourth-order valence-corrected chi connectivity index (χ4v) is 3.14. The van der Waals surface area contributed by atoms with Crippen molar-refractivity contribution < 1.29 is 19.4 Å². The van der Waals surface area contributed by atoms with Gasteiger partial charge in [0.25, 0.3) is 0 Å². The summed E-state index contributed by atoms with van der Waals surface area (Å²) in [6.07, 6.45) is 0.732. The molecule has 0 radical (unpaired) electrons.